The van der Waals surface area contributed by atoms with E-state index in [1.807, 2.05) is 26.8 Å². The summed E-state index contributed by atoms with van der Waals surface area (Å²) in [7, 11) is 0. The van der Waals surface area contributed by atoms with Crippen molar-refractivity contribution in [3.8, 4) is 22.5 Å². The number of ether oxygens (including phenoxy) is 1. The zero-order chi connectivity index (χ0) is 23.6. The van der Waals surface area contributed by atoms with E-state index in [0.29, 0.717) is 47.7 Å². The second kappa shape index (κ2) is 9.10. The minimum absolute atomic E-state index is 0.339. The molecule has 3 aromatic rings. The zero-order valence-corrected chi connectivity index (χ0v) is 18.8. The highest BCUT2D eigenvalue weighted by Gasteiger charge is 2.24. The zero-order valence-electron chi connectivity index (χ0n) is 18.8. The van der Waals surface area contributed by atoms with Crippen LogP contribution in [0.1, 0.15) is 32.9 Å². The fourth-order valence-corrected chi connectivity index (χ4v) is 3.57. The molecule has 0 aliphatic carbocycles. The summed E-state index contributed by atoms with van der Waals surface area (Å²) in [5.74, 6) is -0.683. The van der Waals surface area contributed by atoms with Crippen LogP contribution >= 0.6 is 0 Å². The van der Waals surface area contributed by atoms with Gasteiger partial charge in [-0.2, -0.15) is 0 Å². The Morgan fingerprint density at radius 1 is 0.939 bits per heavy atom. The van der Waals surface area contributed by atoms with E-state index in [0.717, 1.165) is 5.57 Å². The van der Waals surface area contributed by atoms with Gasteiger partial charge in [-0.15, -0.1) is 0 Å². The molecule has 0 fully saturated rings. The maximum absolute atomic E-state index is 13.5. The van der Waals surface area contributed by atoms with Gasteiger partial charge in [0, 0.05) is 24.2 Å². The van der Waals surface area contributed by atoms with E-state index in [1.165, 1.54) is 24.3 Å². The molecule has 1 aliphatic heterocycles. The second-order valence-electron chi connectivity index (χ2n) is 8.87. The number of hydrogen-bond acceptors (Lipinski definition) is 4. The van der Waals surface area contributed by atoms with E-state index in [1.54, 1.807) is 35.4 Å². The van der Waals surface area contributed by atoms with Crippen molar-refractivity contribution < 1.29 is 18.3 Å². The second-order valence-corrected chi connectivity index (χ2v) is 8.87. The Balaban J connectivity index is 1.66. The maximum Gasteiger partial charge on any atom is 0.410 e. The van der Waals surface area contributed by atoms with Crippen LogP contribution in [-0.2, 0) is 4.74 Å². The maximum atomic E-state index is 13.5. The van der Waals surface area contributed by atoms with Crippen molar-refractivity contribution in [3.05, 3.63) is 78.1 Å². The van der Waals surface area contributed by atoms with E-state index in [4.69, 9.17) is 9.72 Å². The lowest BCUT2D eigenvalue weighted by molar-refractivity contribution is 0.0270. The predicted molar refractivity (Wildman–Crippen MR) is 123 cm³/mol. The number of halogens is 2. The van der Waals surface area contributed by atoms with Crippen LogP contribution in [-0.4, -0.2) is 39.7 Å². The van der Waals surface area contributed by atoms with Gasteiger partial charge in [-0.25, -0.2) is 18.6 Å². The first-order valence-electron chi connectivity index (χ1n) is 10.8. The summed E-state index contributed by atoms with van der Waals surface area (Å²) in [6.07, 6.45) is 3.89. The van der Waals surface area contributed by atoms with Gasteiger partial charge in [0.1, 0.15) is 17.2 Å². The predicted octanol–water partition coefficient (Wildman–Crippen LogP) is 6.11. The molecule has 0 N–H and O–H groups in total. The standard InChI is InChI=1S/C26H25F2N3O2/c1-26(2,3)33-25(32)31-14-12-17(13-15-31)22-16-29-23(18-4-8-20(27)9-5-18)24(30-22)19-6-10-21(28)11-7-19/h4-12,16H,13-15H2,1-3H3. The molecular weight excluding hydrogens is 424 g/mol. The number of carbonyl (C=O) groups is 1. The minimum atomic E-state index is -0.549. The third-order valence-electron chi connectivity index (χ3n) is 5.20. The number of carbonyl (C=O) groups excluding carboxylic acids is 1. The molecular formula is C26H25F2N3O2. The highest BCUT2D eigenvalue weighted by molar-refractivity contribution is 5.79. The van der Waals surface area contributed by atoms with Gasteiger partial charge in [-0.05, 0) is 81.3 Å². The quantitative estimate of drug-likeness (QED) is 0.484. The van der Waals surface area contributed by atoms with Crippen molar-refractivity contribution in [1.82, 2.24) is 14.9 Å². The summed E-state index contributed by atoms with van der Waals surface area (Å²) >= 11 is 0. The van der Waals surface area contributed by atoms with Crippen LogP contribution in [0.25, 0.3) is 28.1 Å². The van der Waals surface area contributed by atoms with E-state index in [2.05, 4.69) is 4.98 Å². The van der Waals surface area contributed by atoms with Crippen molar-refractivity contribution in [2.24, 2.45) is 0 Å². The molecule has 2 heterocycles. The third-order valence-corrected chi connectivity index (χ3v) is 5.20. The summed E-state index contributed by atoms with van der Waals surface area (Å²) < 4.78 is 32.4. The molecule has 0 unspecified atom stereocenters. The lowest BCUT2D eigenvalue weighted by Gasteiger charge is -2.29. The molecule has 1 aromatic heterocycles. The Kier molecular flexibility index (Phi) is 6.22. The van der Waals surface area contributed by atoms with Gasteiger partial charge >= 0.3 is 6.09 Å². The fraction of sp³-hybridized carbons (Fsp3) is 0.269. The van der Waals surface area contributed by atoms with Gasteiger partial charge < -0.3 is 9.64 Å². The molecule has 5 nitrogen and oxygen atoms in total. The average molecular weight is 450 g/mol. The Morgan fingerprint density at radius 3 is 2.03 bits per heavy atom. The first-order valence-corrected chi connectivity index (χ1v) is 10.8. The molecule has 170 valence electrons. The fourth-order valence-electron chi connectivity index (χ4n) is 3.57. The van der Waals surface area contributed by atoms with Crippen molar-refractivity contribution in [2.45, 2.75) is 32.8 Å². The molecule has 7 heteroatoms. The number of amides is 1. The van der Waals surface area contributed by atoms with E-state index < -0.39 is 5.60 Å². The van der Waals surface area contributed by atoms with Gasteiger partial charge in [0.15, 0.2) is 0 Å². The first-order chi connectivity index (χ1) is 15.7. The largest absolute Gasteiger partial charge is 0.444 e. The lowest BCUT2D eigenvalue weighted by atomic mass is 10.0. The molecule has 0 bridgehead atoms. The monoisotopic (exact) mass is 449 g/mol. The number of nitrogens with zero attached hydrogens (tertiary/aromatic N) is 3. The molecule has 0 atom stereocenters. The van der Waals surface area contributed by atoms with Crippen molar-refractivity contribution in [2.75, 3.05) is 13.1 Å². The summed E-state index contributed by atoms with van der Waals surface area (Å²) in [5.41, 5.74) is 3.68. The average Bonchev–Trinajstić information content (AvgIpc) is 2.79. The Morgan fingerprint density at radius 2 is 1.52 bits per heavy atom. The van der Waals surface area contributed by atoms with Crippen molar-refractivity contribution in [1.29, 1.82) is 0 Å². The van der Waals surface area contributed by atoms with E-state index >= 15 is 0 Å². The van der Waals surface area contributed by atoms with Crippen LogP contribution in [0.2, 0.25) is 0 Å². The smallest absolute Gasteiger partial charge is 0.410 e. The summed E-state index contributed by atoms with van der Waals surface area (Å²) in [5, 5.41) is 0. The van der Waals surface area contributed by atoms with Crippen LogP contribution < -0.4 is 0 Å². The molecule has 0 radical (unpaired) electrons. The van der Waals surface area contributed by atoms with Gasteiger partial charge in [0.2, 0.25) is 0 Å². The summed E-state index contributed by atoms with van der Waals surface area (Å²) in [4.78, 5) is 23.5. The summed E-state index contributed by atoms with van der Waals surface area (Å²) in [6.45, 7) is 6.44. The Labute approximate surface area is 191 Å². The van der Waals surface area contributed by atoms with Crippen LogP contribution in [0, 0.1) is 11.6 Å². The molecule has 1 aliphatic rings. The van der Waals surface area contributed by atoms with Crippen LogP contribution in [0.15, 0.2) is 60.8 Å². The lowest BCUT2D eigenvalue weighted by Crippen LogP contribution is -2.39. The van der Waals surface area contributed by atoms with Gasteiger partial charge in [0.25, 0.3) is 0 Å². The van der Waals surface area contributed by atoms with Crippen molar-refractivity contribution in [3.63, 3.8) is 0 Å². The SMILES string of the molecule is CC(C)(C)OC(=O)N1CC=C(c2cnc(-c3ccc(F)cc3)c(-c3ccc(F)cc3)n2)CC1. The molecule has 2 aromatic carbocycles. The van der Waals surface area contributed by atoms with Gasteiger partial charge in [-0.3, -0.25) is 4.98 Å². The molecule has 4 rings (SSSR count). The number of hydrogen-bond donors (Lipinski definition) is 0. The van der Waals surface area contributed by atoms with Crippen molar-refractivity contribution >= 4 is 11.7 Å². The molecule has 0 saturated heterocycles. The summed E-state index contributed by atoms with van der Waals surface area (Å²) in [6, 6.07) is 12.1. The Bertz CT molecular complexity index is 1180. The number of rotatable bonds is 3. The van der Waals surface area contributed by atoms with Crippen LogP contribution in [0.3, 0.4) is 0 Å². The molecule has 33 heavy (non-hydrogen) atoms. The topological polar surface area (TPSA) is 55.3 Å². The Hall–Kier alpha value is -3.61. The normalized spacial score (nSPS) is 14.1. The number of benzene rings is 2. The van der Waals surface area contributed by atoms with Gasteiger partial charge in [0.05, 0.1) is 23.3 Å². The molecule has 1 amide bonds. The minimum Gasteiger partial charge on any atom is -0.444 e. The number of aromatic nitrogens is 2. The van der Waals surface area contributed by atoms with Gasteiger partial charge in [-0.1, -0.05) is 6.08 Å². The van der Waals surface area contributed by atoms with E-state index in [-0.39, 0.29) is 17.7 Å². The van der Waals surface area contributed by atoms with E-state index in [9.17, 15) is 13.6 Å². The van der Waals surface area contributed by atoms with Crippen LogP contribution in [0.4, 0.5) is 13.6 Å². The van der Waals surface area contributed by atoms with Crippen LogP contribution in [0.5, 0.6) is 0 Å². The molecule has 0 saturated carbocycles. The highest BCUT2D eigenvalue weighted by atomic mass is 19.1. The highest BCUT2D eigenvalue weighted by Crippen LogP contribution is 2.31. The third kappa shape index (κ3) is 5.42. The first kappa shape index (κ1) is 22.6. The molecule has 0 spiro atoms.